The summed E-state index contributed by atoms with van der Waals surface area (Å²) < 4.78 is 0. The van der Waals surface area contributed by atoms with Gasteiger partial charge in [0.15, 0.2) is 0 Å². The monoisotopic (exact) mass is 231 g/mol. The first-order valence-corrected chi connectivity index (χ1v) is 5.11. The Morgan fingerprint density at radius 2 is 2.35 bits per heavy atom. The average molecular weight is 231 g/mol. The van der Waals surface area contributed by atoms with Crippen LogP contribution in [0.25, 0.3) is 0 Å². The molecule has 0 aliphatic heterocycles. The molecule has 0 bridgehead atoms. The number of aromatic amines is 1. The van der Waals surface area contributed by atoms with Gasteiger partial charge in [-0.3, -0.25) is 14.9 Å². The summed E-state index contributed by atoms with van der Waals surface area (Å²) in [5, 5.41) is 6.53. The Morgan fingerprint density at radius 3 is 3.00 bits per heavy atom. The standard InChI is InChI=1S/C11H13N5O/c1-16(7-8-4-14-15-5-8)11(17)9-2-3-13-6-10(9)12/h2-6H,7,12H2,1H3,(H,14,15). The SMILES string of the molecule is CN(Cc1cn[nH]c1)C(=O)c1ccncc1N. The Bertz CT molecular complexity index is 508. The molecule has 88 valence electrons. The van der Waals surface area contributed by atoms with Crippen LogP contribution in [0.15, 0.2) is 30.9 Å². The Kier molecular flexibility index (Phi) is 3.04. The molecule has 0 radical (unpaired) electrons. The third-order valence-electron chi connectivity index (χ3n) is 2.40. The van der Waals surface area contributed by atoms with Crippen molar-refractivity contribution in [3.63, 3.8) is 0 Å². The second kappa shape index (κ2) is 4.65. The van der Waals surface area contributed by atoms with Crippen LogP contribution in [0.3, 0.4) is 0 Å². The molecular weight excluding hydrogens is 218 g/mol. The first kappa shape index (κ1) is 11.1. The third kappa shape index (κ3) is 2.41. The van der Waals surface area contributed by atoms with E-state index in [0.29, 0.717) is 17.8 Å². The Labute approximate surface area is 98.5 Å². The van der Waals surface area contributed by atoms with E-state index >= 15 is 0 Å². The van der Waals surface area contributed by atoms with Crippen molar-refractivity contribution in [1.29, 1.82) is 0 Å². The molecule has 0 atom stereocenters. The second-order valence-corrected chi connectivity index (χ2v) is 3.73. The first-order valence-electron chi connectivity index (χ1n) is 5.11. The predicted molar refractivity (Wildman–Crippen MR) is 63.0 cm³/mol. The number of hydrogen-bond acceptors (Lipinski definition) is 4. The van der Waals surface area contributed by atoms with E-state index in [4.69, 9.17) is 5.73 Å². The number of nitrogens with zero attached hydrogens (tertiary/aromatic N) is 3. The highest BCUT2D eigenvalue weighted by Gasteiger charge is 2.14. The minimum atomic E-state index is -0.133. The summed E-state index contributed by atoms with van der Waals surface area (Å²) in [6.45, 7) is 0.483. The van der Waals surface area contributed by atoms with Crippen molar-refractivity contribution in [1.82, 2.24) is 20.1 Å². The number of nitrogens with one attached hydrogen (secondary N) is 1. The lowest BCUT2D eigenvalue weighted by atomic mass is 10.2. The lowest BCUT2D eigenvalue weighted by Crippen LogP contribution is -2.26. The molecule has 17 heavy (non-hydrogen) atoms. The molecule has 2 aromatic rings. The number of pyridine rings is 1. The molecule has 0 fully saturated rings. The van der Waals surface area contributed by atoms with Crippen LogP contribution in [0.1, 0.15) is 15.9 Å². The largest absolute Gasteiger partial charge is 0.397 e. The van der Waals surface area contributed by atoms with Crippen LogP contribution in [-0.2, 0) is 6.54 Å². The number of H-pyrrole nitrogens is 1. The molecule has 0 aromatic carbocycles. The van der Waals surface area contributed by atoms with Crippen molar-refractivity contribution in [2.24, 2.45) is 0 Å². The summed E-state index contributed by atoms with van der Waals surface area (Å²) in [4.78, 5) is 17.5. The van der Waals surface area contributed by atoms with Gasteiger partial charge in [0.25, 0.3) is 5.91 Å². The van der Waals surface area contributed by atoms with Gasteiger partial charge in [0.1, 0.15) is 0 Å². The van der Waals surface area contributed by atoms with E-state index in [0.717, 1.165) is 5.56 Å². The second-order valence-electron chi connectivity index (χ2n) is 3.73. The van der Waals surface area contributed by atoms with E-state index in [1.165, 1.54) is 6.20 Å². The maximum Gasteiger partial charge on any atom is 0.256 e. The zero-order valence-electron chi connectivity index (χ0n) is 9.42. The molecule has 3 N–H and O–H groups in total. The molecule has 2 aromatic heterocycles. The maximum absolute atomic E-state index is 12.1. The number of rotatable bonds is 3. The number of nitrogen functional groups attached to an aromatic ring is 1. The smallest absolute Gasteiger partial charge is 0.256 e. The number of aromatic nitrogens is 3. The summed E-state index contributed by atoms with van der Waals surface area (Å²) >= 11 is 0. The summed E-state index contributed by atoms with van der Waals surface area (Å²) in [6.07, 6.45) is 6.45. The van der Waals surface area contributed by atoms with Crippen LogP contribution >= 0.6 is 0 Å². The molecule has 0 saturated carbocycles. The van der Waals surface area contributed by atoms with Gasteiger partial charge in [0, 0.05) is 31.5 Å². The number of carbonyl (C=O) groups excluding carboxylic acids is 1. The highest BCUT2D eigenvalue weighted by atomic mass is 16.2. The summed E-state index contributed by atoms with van der Waals surface area (Å²) in [7, 11) is 1.72. The van der Waals surface area contributed by atoms with Crippen molar-refractivity contribution in [2.45, 2.75) is 6.54 Å². The molecule has 1 amide bonds. The fourth-order valence-corrected chi connectivity index (χ4v) is 1.52. The van der Waals surface area contributed by atoms with Gasteiger partial charge in [-0.1, -0.05) is 0 Å². The molecule has 0 aliphatic carbocycles. The minimum absolute atomic E-state index is 0.133. The van der Waals surface area contributed by atoms with Crippen LogP contribution in [0.5, 0.6) is 0 Å². The Morgan fingerprint density at radius 1 is 1.53 bits per heavy atom. The van der Waals surface area contributed by atoms with Gasteiger partial charge in [0.05, 0.1) is 23.6 Å². The van der Waals surface area contributed by atoms with Gasteiger partial charge in [-0.25, -0.2) is 0 Å². The fourth-order valence-electron chi connectivity index (χ4n) is 1.52. The van der Waals surface area contributed by atoms with E-state index in [9.17, 15) is 4.79 Å². The third-order valence-corrected chi connectivity index (χ3v) is 2.40. The minimum Gasteiger partial charge on any atom is -0.397 e. The van der Waals surface area contributed by atoms with Crippen molar-refractivity contribution in [2.75, 3.05) is 12.8 Å². The average Bonchev–Trinajstić information content (AvgIpc) is 2.81. The molecule has 2 rings (SSSR count). The van der Waals surface area contributed by atoms with Crippen LogP contribution in [0.4, 0.5) is 5.69 Å². The van der Waals surface area contributed by atoms with Gasteiger partial charge in [-0.05, 0) is 6.07 Å². The maximum atomic E-state index is 12.1. The summed E-state index contributed by atoms with van der Waals surface area (Å²) in [5.41, 5.74) is 7.49. The number of anilines is 1. The normalized spacial score (nSPS) is 10.2. The van der Waals surface area contributed by atoms with Gasteiger partial charge in [-0.15, -0.1) is 0 Å². The van der Waals surface area contributed by atoms with E-state index in [2.05, 4.69) is 15.2 Å². The highest BCUT2D eigenvalue weighted by molar-refractivity contribution is 5.98. The summed E-state index contributed by atoms with van der Waals surface area (Å²) in [6, 6.07) is 1.61. The van der Waals surface area contributed by atoms with Gasteiger partial charge < -0.3 is 10.6 Å². The quantitative estimate of drug-likeness (QED) is 0.812. The molecular formula is C11H13N5O. The Hall–Kier alpha value is -2.37. The first-order chi connectivity index (χ1) is 8.18. The fraction of sp³-hybridized carbons (Fsp3) is 0.182. The molecule has 6 nitrogen and oxygen atoms in total. The topological polar surface area (TPSA) is 87.9 Å². The van der Waals surface area contributed by atoms with Gasteiger partial charge in [0.2, 0.25) is 0 Å². The van der Waals surface area contributed by atoms with Crippen molar-refractivity contribution < 1.29 is 4.79 Å². The van der Waals surface area contributed by atoms with Crippen LogP contribution in [0, 0.1) is 0 Å². The van der Waals surface area contributed by atoms with E-state index in [1.807, 2.05) is 0 Å². The van der Waals surface area contributed by atoms with Gasteiger partial charge >= 0.3 is 0 Å². The molecule has 0 unspecified atom stereocenters. The number of nitrogens with two attached hydrogens (primary N) is 1. The van der Waals surface area contributed by atoms with Gasteiger partial charge in [-0.2, -0.15) is 5.10 Å². The summed E-state index contributed by atoms with van der Waals surface area (Å²) in [5.74, 6) is -0.133. The van der Waals surface area contributed by atoms with E-state index < -0.39 is 0 Å². The molecule has 0 saturated heterocycles. The van der Waals surface area contributed by atoms with Crippen molar-refractivity contribution in [3.05, 3.63) is 42.0 Å². The highest BCUT2D eigenvalue weighted by Crippen LogP contribution is 2.12. The number of hydrogen-bond donors (Lipinski definition) is 2. The molecule has 2 heterocycles. The Balaban J connectivity index is 2.13. The van der Waals surface area contributed by atoms with Crippen LogP contribution in [-0.4, -0.2) is 33.0 Å². The lowest BCUT2D eigenvalue weighted by Gasteiger charge is -2.16. The van der Waals surface area contributed by atoms with Crippen LogP contribution in [0.2, 0.25) is 0 Å². The molecule has 0 aliphatic rings. The predicted octanol–water partition coefficient (Wildman–Crippen LogP) is 0.659. The van der Waals surface area contributed by atoms with Crippen molar-refractivity contribution >= 4 is 11.6 Å². The zero-order chi connectivity index (χ0) is 12.3. The lowest BCUT2D eigenvalue weighted by molar-refractivity contribution is 0.0786. The molecule has 6 heteroatoms. The van der Waals surface area contributed by atoms with Crippen LogP contribution < -0.4 is 5.73 Å². The molecule has 0 spiro atoms. The number of amides is 1. The zero-order valence-corrected chi connectivity index (χ0v) is 9.42. The van der Waals surface area contributed by atoms with Crippen molar-refractivity contribution in [3.8, 4) is 0 Å². The van der Waals surface area contributed by atoms with E-state index in [1.54, 1.807) is 36.6 Å². The number of carbonyl (C=O) groups is 1. The van der Waals surface area contributed by atoms with E-state index in [-0.39, 0.29) is 5.91 Å².